The minimum absolute atomic E-state index is 0.112. The Morgan fingerprint density at radius 2 is 1.98 bits per heavy atom. The molecule has 0 spiro atoms. The van der Waals surface area contributed by atoms with E-state index in [-0.39, 0.29) is 30.5 Å². The number of nitrogens with zero attached hydrogens (tertiary/aromatic N) is 3. The van der Waals surface area contributed by atoms with Gasteiger partial charge in [0.15, 0.2) is 17.2 Å². The maximum atomic E-state index is 13.9. The summed E-state index contributed by atoms with van der Waals surface area (Å²) in [7, 11) is 0. The van der Waals surface area contributed by atoms with E-state index in [1.807, 2.05) is 6.92 Å². The lowest BCUT2D eigenvalue weighted by Crippen LogP contribution is -2.29. The molecular formula is C30H27F4N5O5. The highest BCUT2D eigenvalue weighted by Gasteiger charge is 2.31. The Bertz CT molecular complexity index is 1750. The minimum atomic E-state index is -4.27. The summed E-state index contributed by atoms with van der Waals surface area (Å²) in [5.74, 6) is -3.29. The van der Waals surface area contributed by atoms with E-state index in [2.05, 4.69) is 22.0 Å². The van der Waals surface area contributed by atoms with Crippen molar-refractivity contribution >= 4 is 23.5 Å². The zero-order valence-electron chi connectivity index (χ0n) is 23.3. The van der Waals surface area contributed by atoms with Crippen molar-refractivity contribution in [1.82, 2.24) is 19.9 Å². The first kappa shape index (κ1) is 31.8. The molecule has 0 saturated heterocycles. The molecule has 0 bridgehead atoms. The summed E-state index contributed by atoms with van der Waals surface area (Å²) >= 11 is 0. The molecule has 14 heteroatoms. The number of halogens is 4. The molecule has 0 aliphatic heterocycles. The van der Waals surface area contributed by atoms with Crippen LogP contribution in [-0.4, -0.2) is 44.2 Å². The third-order valence-electron chi connectivity index (χ3n) is 6.92. The predicted molar refractivity (Wildman–Crippen MR) is 149 cm³/mol. The van der Waals surface area contributed by atoms with Crippen LogP contribution >= 0.6 is 0 Å². The number of rotatable bonds is 7. The number of hydrogen-bond acceptors (Lipinski definition) is 7. The highest BCUT2D eigenvalue weighted by Crippen LogP contribution is 2.35. The topological polar surface area (TPSA) is 149 Å². The molecule has 1 amide bonds. The van der Waals surface area contributed by atoms with Gasteiger partial charge < -0.3 is 20.9 Å². The summed E-state index contributed by atoms with van der Waals surface area (Å²) in [5.41, 5.74) is 7.11. The molecule has 2 aromatic heterocycles. The number of aromatic carboxylic acids is 1. The van der Waals surface area contributed by atoms with E-state index in [0.717, 1.165) is 45.6 Å². The van der Waals surface area contributed by atoms with E-state index in [9.17, 15) is 37.1 Å². The van der Waals surface area contributed by atoms with Gasteiger partial charge in [-0.1, -0.05) is 36.9 Å². The minimum Gasteiger partial charge on any atom is -0.477 e. The van der Waals surface area contributed by atoms with Crippen molar-refractivity contribution in [2.45, 2.75) is 38.5 Å². The van der Waals surface area contributed by atoms with Crippen molar-refractivity contribution in [1.29, 1.82) is 0 Å². The molecule has 4 aromatic rings. The third kappa shape index (κ3) is 6.75. The number of hydrogen-bond donors (Lipinski definition) is 3. The number of ether oxygens (including phenoxy) is 1. The number of benzene rings is 2. The fourth-order valence-electron chi connectivity index (χ4n) is 4.78. The predicted octanol–water partition coefficient (Wildman–Crippen LogP) is 4.80. The summed E-state index contributed by atoms with van der Waals surface area (Å²) in [6, 6.07) is 9.10. The van der Waals surface area contributed by atoms with Crippen molar-refractivity contribution in [2.75, 3.05) is 6.61 Å². The van der Waals surface area contributed by atoms with Crippen LogP contribution in [0.4, 0.5) is 17.6 Å². The van der Waals surface area contributed by atoms with E-state index in [0.29, 0.717) is 24.0 Å². The van der Waals surface area contributed by atoms with Crippen LogP contribution in [0, 0.1) is 12.7 Å². The van der Waals surface area contributed by atoms with Crippen LogP contribution in [0.15, 0.2) is 61.3 Å². The Hall–Kier alpha value is -5.11. The second-order valence-electron chi connectivity index (χ2n) is 9.72. The van der Waals surface area contributed by atoms with Gasteiger partial charge in [0.1, 0.15) is 12.3 Å². The van der Waals surface area contributed by atoms with Crippen molar-refractivity contribution in [3.8, 4) is 0 Å². The summed E-state index contributed by atoms with van der Waals surface area (Å²) in [4.78, 5) is 40.3. The SMILES string of the molecule is C=CCOC(=O)c1ccc2c(c1C)CC[C@@H]2NC(=O)c1cc(C(=O)O)nc2c(F)cnn12.NCc1cccc(C(F)(F)F)c1. The number of carboxylic acids is 1. The second kappa shape index (κ2) is 13.0. The lowest BCUT2D eigenvalue weighted by Gasteiger charge is -2.16. The molecule has 0 saturated carbocycles. The zero-order valence-corrected chi connectivity index (χ0v) is 23.3. The Labute approximate surface area is 248 Å². The van der Waals surface area contributed by atoms with Crippen molar-refractivity contribution in [3.63, 3.8) is 0 Å². The van der Waals surface area contributed by atoms with Crippen LogP contribution in [0.2, 0.25) is 0 Å². The number of nitrogens with one attached hydrogen (secondary N) is 1. The van der Waals surface area contributed by atoms with Gasteiger partial charge in [-0.2, -0.15) is 18.3 Å². The molecule has 0 fully saturated rings. The molecule has 2 aromatic carbocycles. The molecule has 44 heavy (non-hydrogen) atoms. The summed E-state index contributed by atoms with van der Waals surface area (Å²) in [6.45, 7) is 5.59. The second-order valence-corrected chi connectivity index (χ2v) is 9.72. The first-order valence-corrected chi connectivity index (χ1v) is 13.2. The van der Waals surface area contributed by atoms with Gasteiger partial charge in [-0.05, 0) is 54.2 Å². The molecule has 1 aliphatic carbocycles. The lowest BCUT2D eigenvalue weighted by molar-refractivity contribution is -0.137. The number of nitrogens with two attached hydrogens (primary N) is 1. The van der Waals surface area contributed by atoms with E-state index >= 15 is 0 Å². The molecule has 0 radical (unpaired) electrons. The number of amides is 1. The molecule has 4 N–H and O–H groups in total. The monoisotopic (exact) mass is 613 g/mol. The normalized spacial score (nSPS) is 13.9. The van der Waals surface area contributed by atoms with Gasteiger partial charge in [0, 0.05) is 12.6 Å². The average Bonchev–Trinajstić information content (AvgIpc) is 3.59. The number of carbonyl (C=O) groups is 3. The maximum absolute atomic E-state index is 13.9. The van der Waals surface area contributed by atoms with Gasteiger partial charge in [0.25, 0.3) is 5.91 Å². The van der Waals surface area contributed by atoms with E-state index in [1.54, 1.807) is 18.2 Å². The quantitative estimate of drug-likeness (QED) is 0.153. The Kier molecular flexibility index (Phi) is 9.43. The number of fused-ring (bicyclic) bond motifs is 2. The number of carbonyl (C=O) groups excluding carboxylic acids is 2. The molecule has 1 aliphatic rings. The smallest absolute Gasteiger partial charge is 0.416 e. The standard InChI is InChI=1S/C22H19FN4O5.C8H8F3N/c1-3-8-32-22(31)13-4-5-14-12(11(13)2)6-7-16(14)26-20(28)18-9-17(21(29)30)25-19-15(23)10-24-27(18)19;9-8(10,11)7-3-1-2-6(4-7)5-12/h3-5,9-10,16H,1,6-8H2,2H3,(H,26,28)(H,29,30);1-4H,5,12H2/t16-;/m0./s1. The van der Waals surface area contributed by atoms with Crippen LogP contribution in [0.3, 0.4) is 0 Å². The maximum Gasteiger partial charge on any atom is 0.416 e. The first-order chi connectivity index (χ1) is 20.8. The van der Waals surface area contributed by atoms with Crippen LogP contribution in [-0.2, 0) is 23.9 Å². The van der Waals surface area contributed by atoms with Gasteiger partial charge >= 0.3 is 18.1 Å². The fourth-order valence-corrected chi connectivity index (χ4v) is 4.78. The molecular weight excluding hydrogens is 586 g/mol. The van der Waals surface area contributed by atoms with Gasteiger partial charge in [0.2, 0.25) is 0 Å². The summed E-state index contributed by atoms with van der Waals surface area (Å²) in [6.07, 6.45) is -0.696. The van der Waals surface area contributed by atoms with Crippen LogP contribution in [0.25, 0.3) is 5.65 Å². The van der Waals surface area contributed by atoms with Crippen molar-refractivity contribution < 1.29 is 41.8 Å². The summed E-state index contributed by atoms with van der Waals surface area (Å²) in [5, 5.41) is 15.9. The highest BCUT2D eigenvalue weighted by atomic mass is 19.4. The lowest BCUT2D eigenvalue weighted by atomic mass is 9.98. The zero-order chi connectivity index (χ0) is 32.2. The average molecular weight is 614 g/mol. The number of esters is 1. The summed E-state index contributed by atoms with van der Waals surface area (Å²) < 4.78 is 56.2. The Morgan fingerprint density at radius 1 is 1.23 bits per heavy atom. The highest BCUT2D eigenvalue weighted by molar-refractivity contribution is 5.96. The molecule has 230 valence electrons. The molecule has 1 atom stereocenters. The van der Waals surface area contributed by atoms with Gasteiger partial charge in [0.05, 0.1) is 23.4 Å². The molecule has 10 nitrogen and oxygen atoms in total. The van der Waals surface area contributed by atoms with E-state index in [1.165, 1.54) is 12.1 Å². The first-order valence-electron chi connectivity index (χ1n) is 13.2. The van der Waals surface area contributed by atoms with Crippen molar-refractivity contribution in [3.05, 3.63) is 112 Å². The molecule has 0 unspecified atom stereocenters. The van der Waals surface area contributed by atoms with Gasteiger partial charge in [-0.25, -0.2) is 23.5 Å². The third-order valence-corrected chi connectivity index (χ3v) is 6.92. The number of carboxylic acid groups (broad SMARTS) is 1. The number of aromatic nitrogens is 3. The number of alkyl halides is 3. The largest absolute Gasteiger partial charge is 0.477 e. The van der Waals surface area contributed by atoms with Crippen molar-refractivity contribution in [2.24, 2.45) is 5.73 Å². The van der Waals surface area contributed by atoms with E-state index < -0.39 is 41.1 Å². The van der Waals surface area contributed by atoms with Gasteiger partial charge in [-0.15, -0.1) is 0 Å². The molecule has 5 rings (SSSR count). The Morgan fingerprint density at radius 3 is 2.64 bits per heavy atom. The van der Waals surface area contributed by atoms with E-state index in [4.69, 9.17) is 10.5 Å². The van der Waals surface area contributed by atoms with Crippen LogP contribution < -0.4 is 11.1 Å². The van der Waals surface area contributed by atoms with Crippen LogP contribution in [0.1, 0.15) is 71.6 Å². The van der Waals surface area contributed by atoms with Gasteiger partial charge in [-0.3, -0.25) is 4.79 Å². The fraction of sp³-hybridized carbons (Fsp3) is 0.233. The Balaban J connectivity index is 0.000000309. The van der Waals surface area contributed by atoms with Crippen LogP contribution in [0.5, 0.6) is 0 Å². The molecule has 2 heterocycles.